The number of anilines is 1. The van der Waals surface area contributed by atoms with Gasteiger partial charge in [0.05, 0.1) is 10.6 Å². The number of nitrogens with one attached hydrogen (secondary N) is 1. The van der Waals surface area contributed by atoms with Gasteiger partial charge in [-0.2, -0.15) is 0 Å². The Hall–Kier alpha value is -3.95. The molecule has 0 heterocycles. The van der Waals surface area contributed by atoms with Crippen LogP contribution < -0.4 is 9.62 Å². The van der Waals surface area contributed by atoms with Crippen LogP contribution in [0.5, 0.6) is 0 Å². The van der Waals surface area contributed by atoms with Crippen molar-refractivity contribution in [1.29, 1.82) is 0 Å². The molecule has 0 aliphatic carbocycles. The van der Waals surface area contributed by atoms with Crippen molar-refractivity contribution in [3.63, 3.8) is 0 Å². The van der Waals surface area contributed by atoms with Gasteiger partial charge in [-0.3, -0.25) is 13.9 Å². The molecular formula is C37H42BrN3O4S. The molecule has 0 saturated heterocycles. The first-order valence-electron chi connectivity index (χ1n) is 15.4. The molecule has 0 unspecified atom stereocenters. The van der Waals surface area contributed by atoms with E-state index in [1.165, 1.54) is 9.21 Å². The van der Waals surface area contributed by atoms with Gasteiger partial charge in [0.2, 0.25) is 11.8 Å². The van der Waals surface area contributed by atoms with Crippen LogP contribution in [0.3, 0.4) is 0 Å². The maximum atomic E-state index is 14.6. The molecule has 0 fully saturated rings. The van der Waals surface area contributed by atoms with E-state index in [0.29, 0.717) is 12.2 Å². The summed E-state index contributed by atoms with van der Waals surface area (Å²) >= 11 is 3.47. The Morgan fingerprint density at radius 1 is 0.783 bits per heavy atom. The predicted octanol–water partition coefficient (Wildman–Crippen LogP) is 6.98. The van der Waals surface area contributed by atoms with E-state index < -0.39 is 28.5 Å². The largest absolute Gasteiger partial charge is 0.354 e. The molecule has 0 spiro atoms. The molecule has 4 rings (SSSR count). The fourth-order valence-corrected chi connectivity index (χ4v) is 6.89. The van der Waals surface area contributed by atoms with E-state index in [4.69, 9.17) is 0 Å². The minimum Gasteiger partial charge on any atom is -0.354 e. The molecule has 4 aromatic carbocycles. The van der Waals surface area contributed by atoms with Crippen LogP contribution in [0.2, 0.25) is 0 Å². The second-order valence-electron chi connectivity index (χ2n) is 12.2. The van der Waals surface area contributed by atoms with E-state index in [2.05, 4.69) is 21.2 Å². The summed E-state index contributed by atoms with van der Waals surface area (Å²) < 4.78 is 30.6. The van der Waals surface area contributed by atoms with Gasteiger partial charge in [-0.1, -0.05) is 96.0 Å². The first-order valence-corrected chi connectivity index (χ1v) is 17.6. The third-order valence-electron chi connectivity index (χ3n) is 7.60. The van der Waals surface area contributed by atoms with Gasteiger partial charge in [-0.15, -0.1) is 0 Å². The summed E-state index contributed by atoms with van der Waals surface area (Å²) in [6.45, 7) is 9.76. The van der Waals surface area contributed by atoms with Crippen molar-refractivity contribution in [2.24, 2.45) is 5.92 Å². The molecule has 7 nitrogen and oxygen atoms in total. The Kier molecular flexibility index (Phi) is 11.8. The number of sulfonamides is 1. The minimum atomic E-state index is -4.16. The van der Waals surface area contributed by atoms with Gasteiger partial charge < -0.3 is 10.2 Å². The number of hydrogen-bond acceptors (Lipinski definition) is 4. The van der Waals surface area contributed by atoms with Crippen molar-refractivity contribution >= 4 is 43.5 Å². The number of halogens is 1. The lowest BCUT2D eigenvalue weighted by atomic mass is 10.0. The van der Waals surface area contributed by atoms with Crippen LogP contribution in [0.15, 0.2) is 106 Å². The van der Waals surface area contributed by atoms with Crippen molar-refractivity contribution in [1.82, 2.24) is 10.2 Å². The average Bonchev–Trinajstić information content (AvgIpc) is 3.01. The summed E-state index contributed by atoms with van der Waals surface area (Å²) in [5.41, 5.74) is 4.75. The van der Waals surface area contributed by atoms with Crippen LogP contribution >= 0.6 is 15.9 Å². The second-order valence-corrected chi connectivity index (χ2v) is 14.9. The molecule has 0 aliphatic heterocycles. The summed E-state index contributed by atoms with van der Waals surface area (Å²) in [6.07, 6.45) is 0.265. The molecule has 1 N–H and O–H groups in total. The number of benzene rings is 4. The molecular weight excluding hydrogens is 662 g/mol. The van der Waals surface area contributed by atoms with Gasteiger partial charge in [0.1, 0.15) is 12.6 Å². The lowest BCUT2D eigenvalue weighted by Crippen LogP contribution is -2.53. The smallest absolute Gasteiger partial charge is 0.264 e. The Morgan fingerprint density at radius 3 is 1.98 bits per heavy atom. The van der Waals surface area contributed by atoms with Crippen molar-refractivity contribution in [3.8, 4) is 0 Å². The van der Waals surface area contributed by atoms with Gasteiger partial charge in [-0.05, 0) is 85.3 Å². The lowest BCUT2D eigenvalue weighted by molar-refractivity contribution is -0.140. The number of carbonyl (C=O) groups is 2. The van der Waals surface area contributed by atoms with Crippen LogP contribution in [0.4, 0.5) is 5.69 Å². The highest BCUT2D eigenvalue weighted by atomic mass is 79.9. The third kappa shape index (κ3) is 9.30. The first kappa shape index (κ1) is 34.9. The minimum absolute atomic E-state index is 0.0834. The third-order valence-corrected chi connectivity index (χ3v) is 9.92. The fourth-order valence-electron chi connectivity index (χ4n) is 5.22. The molecule has 242 valence electrons. The standard InChI is InChI=1S/C37H42BrN3O4S/c1-26(2)23-39-37(43)35(22-30-9-7-6-8-10-30)40(24-31-13-15-32(38)16-14-31)36(42)25-41(33-20-28(4)19-29(5)21-33)46(44,45)34-17-11-27(3)12-18-34/h6-21,26,35H,22-25H2,1-5H3,(H,39,43)/t35-/m1/s1. The summed E-state index contributed by atoms with van der Waals surface area (Å²) in [6, 6.07) is 28.3. The molecule has 0 saturated carbocycles. The summed E-state index contributed by atoms with van der Waals surface area (Å²) in [4.78, 5) is 30.1. The van der Waals surface area contributed by atoms with E-state index in [1.54, 1.807) is 36.4 Å². The fraction of sp³-hybridized carbons (Fsp3) is 0.297. The molecule has 46 heavy (non-hydrogen) atoms. The number of carbonyl (C=O) groups excluding carboxylic acids is 2. The van der Waals surface area contributed by atoms with E-state index in [9.17, 15) is 18.0 Å². The van der Waals surface area contributed by atoms with Crippen molar-refractivity contribution in [2.75, 3.05) is 17.4 Å². The molecule has 0 aliphatic rings. The molecule has 2 amide bonds. The molecule has 0 aromatic heterocycles. The van der Waals surface area contributed by atoms with Crippen LogP contribution in [-0.2, 0) is 32.6 Å². The highest BCUT2D eigenvalue weighted by molar-refractivity contribution is 9.10. The Morgan fingerprint density at radius 2 is 1.39 bits per heavy atom. The lowest BCUT2D eigenvalue weighted by Gasteiger charge is -2.34. The molecule has 4 aromatic rings. The zero-order valence-corrected chi connectivity index (χ0v) is 29.4. The van der Waals surface area contributed by atoms with Crippen LogP contribution in [0.25, 0.3) is 0 Å². The maximum absolute atomic E-state index is 14.6. The normalized spacial score (nSPS) is 12.1. The topological polar surface area (TPSA) is 86.8 Å². The van der Waals surface area contributed by atoms with Crippen molar-refractivity contribution in [3.05, 3.63) is 129 Å². The van der Waals surface area contributed by atoms with Crippen molar-refractivity contribution in [2.45, 2.75) is 58.5 Å². The summed E-state index contributed by atoms with van der Waals surface area (Å²) in [7, 11) is -4.16. The van der Waals surface area contributed by atoms with E-state index >= 15 is 0 Å². The Balaban J connectivity index is 1.82. The number of hydrogen-bond donors (Lipinski definition) is 1. The molecule has 9 heteroatoms. The van der Waals surface area contributed by atoms with Gasteiger partial charge >= 0.3 is 0 Å². The highest BCUT2D eigenvalue weighted by Crippen LogP contribution is 2.27. The molecule has 0 bridgehead atoms. The van der Waals surface area contributed by atoms with Gasteiger partial charge in [0, 0.05) is 24.0 Å². The Bertz CT molecular complexity index is 1720. The van der Waals surface area contributed by atoms with E-state index in [0.717, 1.165) is 32.3 Å². The van der Waals surface area contributed by atoms with E-state index in [-0.39, 0.29) is 29.7 Å². The number of amides is 2. The molecule has 1 atom stereocenters. The first-order chi connectivity index (χ1) is 21.8. The number of rotatable bonds is 13. The zero-order valence-electron chi connectivity index (χ0n) is 27.0. The zero-order chi connectivity index (χ0) is 33.4. The monoisotopic (exact) mass is 703 g/mol. The Labute approximate surface area is 281 Å². The number of nitrogens with zero attached hydrogens (tertiary/aromatic N) is 2. The van der Waals surface area contributed by atoms with Crippen molar-refractivity contribution < 1.29 is 18.0 Å². The average molecular weight is 705 g/mol. The maximum Gasteiger partial charge on any atom is 0.264 e. The van der Waals surface area contributed by atoms with Gasteiger partial charge in [0.15, 0.2) is 0 Å². The highest BCUT2D eigenvalue weighted by Gasteiger charge is 2.34. The van der Waals surface area contributed by atoms with Crippen LogP contribution in [0.1, 0.15) is 41.7 Å². The molecule has 0 radical (unpaired) electrons. The predicted molar refractivity (Wildman–Crippen MR) is 188 cm³/mol. The SMILES string of the molecule is Cc1ccc(S(=O)(=O)N(CC(=O)N(Cc2ccc(Br)cc2)[C@H](Cc2ccccc2)C(=O)NCC(C)C)c2cc(C)cc(C)c2)cc1. The summed E-state index contributed by atoms with van der Waals surface area (Å²) in [5, 5.41) is 3.02. The van der Waals surface area contributed by atoms with Gasteiger partial charge in [0.25, 0.3) is 10.0 Å². The second kappa shape index (κ2) is 15.6. The quantitative estimate of drug-likeness (QED) is 0.163. The van der Waals surface area contributed by atoms with Gasteiger partial charge in [-0.25, -0.2) is 8.42 Å². The summed E-state index contributed by atoms with van der Waals surface area (Å²) in [5.74, 6) is -0.572. The van der Waals surface area contributed by atoms with E-state index in [1.807, 2.05) is 95.3 Å². The number of aryl methyl sites for hydroxylation is 3. The van der Waals surface area contributed by atoms with Crippen LogP contribution in [-0.4, -0.2) is 44.3 Å². The van der Waals surface area contributed by atoms with Crippen LogP contribution in [0, 0.1) is 26.7 Å².